The Morgan fingerprint density at radius 1 is 1.13 bits per heavy atom. The Hall–Kier alpha value is -2.78. The summed E-state index contributed by atoms with van der Waals surface area (Å²) < 4.78 is 35.1. The highest BCUT2D eigenvalue weighted by Gasteiger charge is 2.20. The van der Waals surface area contributed by atoms with Crippen molar-refractivity contribution in [2.45, 2.75) is 26.4 Å². The molecular formula is C21H25ClN2O6S. The lowest BCUT2D eigenvalue weighted by Gasteiger charge is -2.19. The molecule has 0 saturated carbocycles. The van der Waals surface area contributed by atoms with Gasteiger partial charge >= 0.3 is 5.97 Å². The Kier molecular flexibility index (Phi) is 8.29. The van der Waals surface area contributed by atoms with Crippen molar-refractivity contribution in [3.05, 3.63) is 53.1 Å². The monoisotopic (exact) mass is 468 g/mol. The molecule has 0 aliphatic heterocycles. The third-order valence-corrected chi connectivity index (χ3v) is 5.90. The van der Waals surface area contributed by atoms with Crippen LogP contribution in [0.5, 0.6) is 5.75 Å². The zero-order valence-electron chi connectivity index (χ0n) is 17.7. The van der Waals surface area contributed by atoms with Crippen molar-refractivity contribution in [1.82, 2.24) is 0 Å². The van der Waals surface area contributed by atoms with Crippen molar-refractivity contribution < 1.29 is 27.5 Å². The Bertz CT molecular complexity index is 1040. The van der Waals surface area contributed by atoms with Gasteiger partial charge in [-0.3, -0.25) is 9.10 Å². The summed E-state index contributed by atoms with van der Waals surface area (Å²) in [5.41, 5.74) is 1.01. The fourth-order valence-electron chi connectivity index (χ4n) is 2.60. The molecule has 168 valence electrons. The molecule has 10 heteroatoms. The fourth-order valence-corrected chi connectivity index (χ4v) is 3.30. The van der Waals surface area contributed by atoms with E-state index in [1.54, 1.807) is 44.2 Å². The van der Waals surface area contributed by atoms with E-state index in [9.17, 15) is 18.0 Å². The van der Waals surface area contributed by atoms with Crippen molar-refractivity contribution in [2.75, 3.05) is 29.5 Å². The van der Waals surface area contributed by atoms with Gasteiger partial charge in [-0.25, -0.2) is 13.2 Å². The average molecular weight is 469 g/mol. The summed E-state index contributed by atoms with van der Waals surface area (Å²) in [6.07, 6.45) is 0.689. The number of sulfonamides is 1. The van der Waals surface area contributed by atoms with Crippen LogP contribution in [0, 0.1) is 0 Å². The minimum absolute atomic E-state index is 0.154. The van der Waals surface area contributed by atoms with Gasteiger partial charge in [-0.2, -0.15) is 0 Å². The largest absolute Gasteiger partial charge is 0.481 e. The predicted molar refractivity (Wildman–Crippen MR) is 120 cm³/mol. The maximum atomic E-state index is 12.7. The molecule has 0 unspecified atom stereocenters. The Labute approximate surface area is 187 Å². The molecule has 1 N–H and O–H groups in total. The van der Waals surface area contributed by atoms with E-state index in [0.717, 1.165) is 10.6 Å². The van der Waals surface area contributed by atoms with Crippen molar-refractivity contribution >= 4 is 44.9 Å². The summed E-state index contributed by atoms with van der Waals surface area (Å²) in [6.45, 7) is 3.69. The molecule has 8 nitrogen and oxygen atoms in total. The minimum Gasteiger partial charge on any atom is -0.481 e. The first kappa shape index (κ1) is 24.5. The SMILES string of the molecule is CCOC(=O)c1cc(NC(=O)[C@@H](CC)Oc2ccc(N(C)S(C)(=O)=O)cc2)ccc1Cl. The second-order valence-corrected chi connectivity index (χ2v) is 9.06. The number of hydrogen-bond acceptors (Lipinski definition) is 6. The first-order chi connectivity index (χ1) is 14.6. The number of ether oxygens (including phenoxy) is 2. The first-order valence-electron chi connectivity index (χ1n) is 9.55. The van der Waals surface area contributed by atoms with Crippen molar-refractivity contribution in [1.29, 1.82) is 0 Å². The summed E-state index contributed by atoms with van der Waals surface area (Å²) in [6, 6.07) is 10.9. The molecule has 2 rings (SSSR count). The number of nitrogens with one attached hydrogen (secondary N) is 1. The zero-order chi connectivity index (χ0) is 23.2. The van der Waals surface area contributed by atoms with Crippen molar-refractivity contribution in [2.24, 2.45) is 0 Å². The quantitative estimate of drug-likeness (QED) is 0.563. The fraction of sp³-hybridized carbons (Fsp3) is 0.333. The third kappa shape index (κ3) is 6.60. The summed E-state index contributed by atoms with van der Waals surface area (Å²) >= 11 is 6.04. The number of carbonyl (C=O) groups excluding carboxylic acids is 2. The number of anilines is 2. The van der Waals surface area contributed by atoms with Gasteiger partial charge in [-0.15, -0.1) is 0 Å². The lowest BCUT2D eigenvalue weighted by Crippen LogP contribution is -2.32. The number of amides is 1. The van der Waals surface area contributed by atoms with E-state index in [4.69, 9.17) is 21.1 Å². The van der Waals surface area contributed by atoms with Gasteiger partial charge in [0.15, 0.2) is 6.10 Å². The normalized spacial score (nSPS) is 12.0. The molecule has 1 amide bonds. The Morgan fingerprint density at radius 2 is 1.77 bits per heavy atom. The molecule has 31 heavy (non-hydrogen) atoms. The van der Waals surface area contributed by atoms with Crippen LogP contribution in [0.2, 0.25) is 5.02 Å². The second kappa shape index (κ2) is 10.5. The van der Waals surface area contributed by atoms with E-state index < -0.39 is 28.0 Å². The van der Waals surface area contributed by atoms with Crippen LogP contribution in [0.1, 0.15) is 30.6 Å². The maximum Gasteiger partial charge on any atom is 0.339 e. The van der Waals surface area contributed by atoms with E-state index in [1.807, 2.05) is 0 Å². The van der Waals surface area contributed by atoms with Crippen molar-refractivity contribution in [3.63, 3.8) is 0 Å². The summed E-state index contributed by atoms with van der Waals surface area (Å²) in [5, 5.41) is 2.93. The molecule has 0 aliphatic rings. The number of benzene rings is 2. The van der Waals surface area contributed by atoms with Gasteiger partial charge in [0, 0.05) is 12.7 Å². The summed E-state index contributed by atoms with van der Waals surface area (Å²) in [7, 11) is -1.93. The molecule has 1 atom stereocenters. The third-order valence-electron chi connectivity index (χ3n) is 4.37. The molecule has 2 aromatic carbocycles. The number of esters is 1. The second-order valence-electron chi connectivity index (χ2n) is 6.64. The molecule has 0 spiro atoms. The first-order valence-corrected chi connectivity index (χ1v) is 11.8. The lowest BCUT2D eigenvalue weighted by atomic mass is 10.2. The predicted octanol–water partition coefficient (Wildman–Crippen LogP) is 3.71. The van der Waals surface area contributed by atoms with E-state index in [2.05, 4.69) is 5.32 Å². The van der Waals surface area contributed by atoms with Gasteiger partial charge in [0.25, 0.3) is 5.91 Å². The van der Waals surface area contributed by atoms with Crippen LogP contribution in [-0.2, 0) is 19.6 Å². The van der Waals surface area contributed by atoms with E-state index >= 15 is 0 Å². The number of rotatable bonds is 9. The maximum absolute atomic E-state index is 12.7. The molecule has 0 aliphatic carbocycles. The molecule has 0 radical (unpaired) electrons. The highest BCUT2D eigenvalue weighted by Crippen LogP contribution is 2.24. The minimum atomic E-state index is -3.37. The molecular weight excluding hydrogens is 444 g/mol. The van der Waals surface area contributed by atoms with Gasteiger partial charge < -0.3 is 14.8 Å². The van der Waals surface area contributed by atoms with Crippen LogP contribution in [0.25, 0.3) is 0 Å². The number of carbonyl (C=O) groups is 2. The van der Waals surface area contributed by atoms with Crippen LogP contribution in [0.4, 0.5) is 11.4 Å². The molecule has 0 saturated heterocycles. The summed E-state index contributed by atoms with van der Waals surface area (Å²) in [4.78, 5) is 24.7. The molecule has 0 fully saturated rings. The smallest absolute Gasteiger partial charge is 0.339 e. The topological polar surface area (TPSA) is 102 Å². The zero-order valence-corrected chi connectivity index (χ0v) is 19.3. The average Bonchev–Trinajstić information content (AvgIpc) is 2.72. The summed E-state index contributed by atoms with van der Waals surface area (Å²) in [5.74, 6) is -0.570. The molecule has 0 bridgehead atoms. The molecule has 2 aromatic rings. The molecule has 0 heterocycles. The Balaban J connectivity index is 2.11. The van der Waals surface area contributed by atoms with Gasteiger partial charge in [0.1, 0.15) is 5.75 Å². The van der Waals surface area contributed by atoms with Gasteiger partial charge in [0.2, 0.25) is 10.0 Å². The standard InChI is InChI=1S/C21H25ClN2O6S/c1-5-19(30-16-10-8-15(9-11-16)24(3)31(4,27)28)20(25)23-14-7-12-18(22)17(13-14)21(26)29-6-2/h7-13,19H,5-6H2,1-4H3,(H,23,25)/t19-/m1/s1. The van der Waals surface area contributed by atoms with Crippen LogP contribution in [0.3, 0.4) is 0 Å². The van der Waals surface area contributed by atoms with E-state index in [1.165, 1.54) is 19.2 Å². The number of nitrogens with zero attached hydrogens (tertiary/aromatic N) is 1. The molecule has 0 aromatic heterocycles. The number of halogens is 1. The van der Waals surface area contributed by atoms with Crippen LogP contribution < -0.4 is 14.4 Å². The number of hydrogen-bond donors (Lipinski definition) is 1. The van der Waals surface area contributed by atoms with Crippen molar-refractivity contribution in [3.8, 4) is 5.75 Å². The van der Waals surface area contributed by atoms with Gasteiger partial charge in [-0.05, 0) is 55.8 Å². The lowest BCUT2D eigenvalue weighted by molar-refractivity contribution is -0.122. The Morgan fingerprint density at radius 3 is 2.32 bits per heavy atom. The highest BCUT2D eigenvalue weighted by molar-refractivity contribution is 7.92. The highest BCUT2D eigenvalue weighted by atomic mass is 35.5. The van der Waals surface area contributed by atoms with Crippen LogP contribution in [-0.4, -0.2) is 46.3 Å². The van der Waals surface area contributed by atoms with Gasteiger partial charge in [0.05, 0.1) is 29.1 Å². The van der Waals surface area contributed by atoms with E-state index in [-0.39, 0.29) is 17.2 Å². The van der Waals surface area contributed by atoms with Crippen LogP contribution in [0.15, 0.2) is 42.5 Å². The van der Waals surface area contributed by atoms with Gasteiger partial charge in [-0.1, -0.05) is 18.5 Å². The van der Waals surface area contributed by atoms with E-state index in [0.29, 0.717) is 23.5 Å². The van der Waals surface area contributed by atoms with Crippen LogP contribution >= 0.6 is 11.6 Å².